The van der Waals surface area contributed by atoms with Gasteiger partial charge in [-0.3, -0.25) is 0 Å². The summed E-state index contributed by atoms with van der Waals surface area (Å²) in [7, 11) is 0. The number of benzene rings is 1. The Kier molecular flexibility index (Phi) is 7.64. The van der Waals surface area contributed by atoms with Crippen molar-refractivity contribution < 1.29 is 19.4 Å². The van der Waals surface area contributed by atoms with Crippen molar-refractivity contribution >= 4 is 27.9 Å². The molecule has 0 unspecified atom stereocenters. The summed E-state index contributed by atoms with van der Waals surface area (Å²) in [6.07, 6.45) is 0.676. The van der Waals surface area contributed by atoms with Gasteiger partial charge in [-0.05, 0) is 44.9 Å². The van der Waals surface area contributed by atoms with Crippen LogP contribution in [0.15, 0.2) is 16.6 Å². The molecular weight excluding hydrogens is 336 g/mol. The first-order valence-electron chi connectivity index (χ1n) is 6.94. The summed E-state index contributed by atoms with van der Waals surface area (Å²) < 4.78 is 5.93. The number of hydrogen-bond donors (Lipinski definition) is 1. The monoisotopic (exact) mass is 358 g/mol. The first-order chi connectivity index (χ1) is 9.65. The fourth-order valence-electron chi connectivity index (χ4n) is 1.57. The normalized spacial score (nSPS) is 10.4. The third-order valence-electron chi connectivity index (χ3n) is 2.42. The summed E-state index contributed by atoms with van der Waals surface area (Å²) >= 11 is 3.34. The molecule has 118 valence electrons. The highest BCUT2D eigenvalue weighted by molar-refractivity contribution is 9.10. The van der Waals surface area contributed by atoms with Crippen LogP contribution in [0.4, 0.5) is 0 Å². The van der Waals surface area contributed by atoms with Gasteiger partial charge in [0.25, 0.3) is 0 Å². The van der Waals surface area contributed by atoms with Gasteiger partial charge in [-0.1, -0.05) is 36.7 Å². The third-order valence-corrected chi connectivity index (χ3v) is 3.15. The van der Waals surface area contributed by atoms with Crippen molar-refractivity contribution in [1.82, 2.24) is 0 Å². The van der Waals surface area contributed by atoms with E-state index in [4.69, 9.17) is 4.74 Å². The second kappa shape index (κ2) is 8.17. The molecule has 1 N–H and O–H groups in total. The summed E-state index contributed by atoms with van der Waals surface area (Å²) in [5.74, 6) is -1.77. The van der Waals surface area contributed by atoms with Crippen molar-refractivity contribution in [3.05, 3.63) is 33.3 Å². The van der Waals surface area contributed by atoms with E-state index in [9.17, 15) is 14.7 Å². The maximum absolute atomic E-state index is 12.0. The molecule has 0 radical (unpaired) electrons. The molecule has 1 aromatic rings. The molecule has 0 spiro atoms. The molecule has 4 nitrogen and oxygen atoms in total. The number of rotatable bonds is 3. The SMILES string of the molecule is CC.CCc1cc(C(=O)O)c(C(=O)OC(C)(C)C)cc1Br. The second-order valence-corrected chi connectivity index (χ2v) is 6.00. The van der Waals surface area contributed by atoms with Crippen LogP contribution < -0.4 is 0 Å². The molecule has 1 aromatic carbocycles. The zero-order valence-corrected chi connectivity index (χ0v) is 15.0. The summed E-state index contributed by atoms with van der Waals surface area (Å²) in [6, 6.07) is 3.02. The lowest BCUT2D eigenvalue weighted by Gasteiger charge is -2.20. The van der Waals surface area contributed by atoms with Gasteiger partial charge in [0, 0.05) is 4.47 Å². The molecule has 0 atom stereocenters. The average Bonchev–Trinajstić information content (AvgIpc) is 2.38. The molecule has 0 saturated carbocycles. The summed E-state index contributed by atoms with van der Waals surface area (Å²) in [4.78, 5) is 23.3. The zero-order valence-electron chi connectivity index (χ0n) is 13.4. The van der Waals surface area contributed by atoms with Crippen molar-refractivity contribution in [3.63, 3.8) is 0 Å². The van der Waals surface area contributed by atoms with Crippen LogP contribution >= 0.6 is 15.9 Å². The van der Waals surface area contributed by atoms with Gasteiger partial charge in [0.1, 0.15) is 5.60 Å². The Morgan fingerprint density at radius 2 is 1.71 bits per heavy atom. The number of carbonyl (C=O) groups excluding carboxylic acids is 1. The van der Waals surface area contributed by atoms with Gasteiger partial charge >= 0.3 is 11.9 Å². The molecule has 5 heteroatoms. The van der Waals surface area contributed by atoms with Crippen LogP contribution in [-0.4, -0.2) is 22.6 Å². The summed E-state index contributed by atoms with van der Waals surface area (Å²) in [5.41, 5.74) is 0.202. The molecule has 0 aliphatic heterocycles. The molecule has 21 heavy (non-hydrogen) atoms. The Bertz CT molecular complexity index is 516. The van der Waals surface area contributed by atoms with Crippen molar-refractivity contribution in [1.29, 1.82) is 0 Å². The second-order valence-electron chi connectivity index (χ2n) is 5.15. The lowest BCUT2D eigenvalue weighted by atomic mass is 10.0. The molecule has 1 rings (SSSR count). The lowest BCUT2D eigenvalue weighted by Crippen LogP contribution is -2.25. The predicted octanol–water partition coefficient (Wildman–Crippen LogP) is 4.69. The van der Waals surface area contributed by atoms with Crippen molar-refractivity contribution in [2.75, 3.05) is 0 Å². The smallest absolute Gasteiger partial charge is 0.339 e. The minimum Gasteiger partial charge on any atom is -0.478 e. The van der Waals surface area contributed by atoms with E-state index in [-0.39, 0.29) is 11.1 Å². The van der Waals surface area contributed by atoms with E-state index in [1.54, 1.807) is 20.8 Å². The Morgan fingerprint density at radius 1 is 1.19 bits per heavy atom. The van der Waals surface area contributed by atoms with Crippen LogP contribution in [0, 0.1) is 0 Å². The molecule has 0 heterocycles. The van der Waals surface area contributed by atoms with Gasteiger partial charge in [-0.2, -0.15) is 0 Å². The fraction of sp³-hybridized carbons (Fsp3) is 0.500. The average molecular weight is 359 g/mol. The molecule has 0 saturated heterocycles. The van der Waals surface area contributed by atoms with Crippen LogP contribution in [-0.2, 0) is 11.2 Å². The lowest BCUT2D eigenvalue weighted by molar-refractivity contribution is 0.00657. The maximum atomic E-state index is 12.0. The van der Waals surface area contributed by atoms with Crippen LogP contribution in [0.2, 0.25) is 0 Å². The Labute approximate surface area is 134 Å². The topological polar surface area (TPSA) is 63.6 Å². The molecular formula is C16H23BrO4. The van der Waals surface area contributed by atoms with Gasteiger partial charge in [0.05, 0.1) is 11.1 Å². The first-order valence-corrected chi connectivity index (χ1v) is 7.74. The van der Waals surface area contributed by atoms with Crippen LogP contribution in [0.3, 0.4) is 0 Å². The highest BCUT2D eigenvalue weighted by Gasteiger charge is 2.24. The minimum absolute atomic E-state index is 0.0331. The quantitative estimate of drug-likeness (QED) is 0.795. The number of carboxylic acid groups (broad SMARTS) is 1. The van der Waals surface area contributed by atoms with E-state index in [2.05, 4.69) is 15.9 Å². The number of hydrogen-bond acceptors (Lipinski definition) is 3. The predicted molar refractivity (Wildman–Crippen MR) is 87.0 cm³/mol. The van der Waals surface area contributed by atoms with E-state index in [0.29, 0.717) is 10.9 Å². The number of aromatic carboxylic acids is 1. The number of esters is 1. The van der Waals surface area contributed by atoms with E-state index in [0.717, 1.165) is 5.56 Å². The minimum atomic E-state index is -1.14. The van der Waals surface area contributed by atoms with Gasteiger partial charge in [0.2, 0.25) is 0 Å². The van der Waals surface area contributed by atoms with Crippen molar-refractivity contribution in [3.8, 4) is 0 Å². The van der Waals surface area contributed by atoms with E-state index in [1.807, 2.05) is 20.8 Å². The molecule has 0 aromatic heterocycles. The van der Waals surface area contributed by atoms with E-state index in [1.165, 1.54) is 12.1 Å². The summed E-state index contributed by atoms with van der Waals surface area (Å²) in [5, 5.41) is 9.20. The highest BCUT2D eigenvalue weighted by Crippen LogP contribution is 2.25. The van der Waals surface area contributed by atoms with Gasteiger partial charge in [0.15, 0.2) is 0 Å². The van der Waals surface area contributed by atoms with E-state index >= 15 is 0 Å². The first kappa shape index (κ1) is 19.6. The molecule has 0 amide bonds. The number of halogens is 1. The third kappa shape index (κ3) is 5.87. The van der Waals surface area contributed by atoms with Crippen molar-refractivity contribution in [2.24, 2.45) is 0 Å². The molecule has 0 bridgehead atoms. The fourth-order valence-corrected chi connectivity index (χ4v) is 2.19. The molecule has 0 aliphatic rings. The van der Waals surface area contributed by atoms with Crippen LogP contribution in [0.1, 0.15) is 67.8 Å². The Morgan fingerprint density at radius 3 is 2.10 bits per heavy atom. The van der Waals surface area contributed by atoms with Crippen LogP contribution in [0.5, 0.6) is 0 Å². The van der Waals surface area contributed by atoms with E-state index < -0.39 is 17.5 Å². The van der Waals surface area contributed by atoms with Gasteiger partial charge in [-0.25, -0.2) is 9.59 Å². The van der Waals surface area contributed by atoms with Crippen molar-refractivity contribution in [2.45, 2.75) is 53.6 Å². The number of carbonyl (C=O) groups is 2. The number of ether oxygens (including phenoxy) is 1. The van der Waals surface area contributed by atoms with Gasteiger partial charge < -0.3 is 9.84 Å². The highest BCUT2D eigenvalue weighted by atomic mass is 79.9. The summed E-state index contributed by atoms with van der Waals surface area (Å²) in [6.45, 7) is 11.1. The number of carboxylic acids is 1. The molecule has 0 fully saturated rings. The Hall–Kier alpha value is -1.36. The van der Waals surface area contributed by atoms with Crippen LogP contribution in [0.25, 0.3) is 0 Å². The largest absolute Gasteiger partial charge is 0.478 e. The maximum Gasteiger partial charge on any atom is 0.339 e. The van der Waals surface area contributed by atoms with Gasteiger partial charge in [-0.15, -0.1) is 0 Å². The molecule has 0 aliphatic carbocycles. The Balaban J connectivity index is 0.00000191. The number of aryl methyl sites for hydroxylation is 1. The standard InChI is InChI=1S/C14H17BrO4.C2H6/c1-5-8-6-9(12(16)17)10(7-11(8)15)13(18)19-14(2,3)4;1-2/h6-7H,5H2,1-4H3,(H,16,17);1-2H3. The zero-order chi connectivity index (χ0) is 16.8.